The minimum atomic E-state index is 0.439. The Kier molecular flexibility index (Phi) is 8.09. The number of aromatic nitrogens is 5. The van der Waals surface area contributed by atoms with Crippen molar-refractivity contribution in [3.8, 4) is 73.7 Å². The van der Waals surface area contributed by atoms with E-state index in [0.717, 1.165) is 83.5 Å². The van der Waals surface area contributed by atoms with Crippen molar-refractivity contribution >= 4 is 32.7 Å². The molecule has 0 saturated heterocycles. The van der Waals surface area contributed by atoms with Crippen molar-refractivity contribution < 1.29 is 0 Å². The molecule has 0 aliphatic heterocycles. The Morgan fingerprint density at radius 1 is 0.357 bits per heavy atom. The summed E-state index contributed by atoms with van der Waals surface area (Å²) in [5, 5.41) is 13.3. The van der Waals surface area contributed by atoms with Crippen molar-refractivity contribution in [3.63, 3.8) is 0 Å². The summed E-state index contributed by atoms with van der Waals surface area (Å²) in [5.41, 5.74) is 12.1. The molecule has 0 aliphatic rings. The molecule has 6 nitrogen and oxygen atoms in total. The Morgan fingerprint density at radius 2 is 0.821 bits per heavy atom. The van der Waals surface area contributed by atoms with Gasteiger partial charge >= 0.3 is 0 Å². The molecule has 0 radical (unpaired) electrons. The minimum absolute atomic E-state index is 0.439. The second-order valence-corrected chi connectivity index (χ2v) is 13.6. The summed E-state index contributed by atoms with van der Waals surface area (Å²) in [4.78, 5) is 25.9. The maximum absolute atomic E-state index is 10.6. The quantitative estimate of drug-likeness (QED) is 0.159. The Hall–Kier alpha value is -7.88. The Bertz CT molecular complexity index is 3050. The first-order valence-electron chi connectivity index (χ1n) is 18.4. The number of nitrogens with zero attached hydrogens (tertiary/aromatic N) is 6. The van der Waals surface area contributed by atoms with Crippen LogP contribution in [0.25, 0.3) is 100 Å². The van der Waals surface area contributed by atoms with Gasteiger partial charge in [0.25, 0.3) is 0 Å². The van der Waals surface area contributed by atoms with Gasteiger partial charge in [-0.2, -0.15) is 5.26 Å². The number of nitriles is 1. The lowest BCUT2D eigenvalue weighted by Crippen LogP contribution is -2.00. The van der Waals surface area contributed by atoms with E-state index in [2.05, 4.69) is 60.7 Å². The van der Waals surface area contributed by atoms with Crippen LogP contribution < -0.4 is 0 Å². The number of hydrogen-bond acceptors (Lipinski definition) is 6. The van der Waals surface area contributed by atoms with Crippen molar-refractivity contribution in [1.82, 2.24) is 24.9 Å². The average molecular weight is 715 g/mol. The summed E-state index contributed by atoms with van der Waals surface area (Å²) in [7, 11) is 0. The van der Waals surface area contributed by atoms with Crippen molar-refractivity contribution in [2.45, 2.75) is 0 Å². The fourth-order valence-corrected chi connectivity index (χ4v) is 7.40. The first-order chi connectivity index (χ1) is 27.7. The molecule has 7 aromatic carbocycles. The Balaban J connectivity index is 1.18. The fraction of sp³-hybridized carbons (Fsp3) is 0. The number of hydrogen-bond donors (Lipinski definition) is 0. The van der Waals surface area contributed by atoms with Crippen LogP contribution in [-0.4, -0.2) is 24.9 Å². The highest BCUT2D eigenvalue weighted by Crippen LogP contribution is 2.40. The first-order valence-corrected chi connectivity index (χ1v) is 18.4. The second-order valence-electron chi connectivity index (χ2n) is 13.6. The summed E-state index contributed by atoms with van der Waals surface area (Å²) in [6, 6.07) is 63.2. The van der Waals surface area contributed by atoms with E-state index in [0.29, 0.717) is 22.4 Å². The third kappa shape index (κ3) is 5.81. The van der Waals surface area contributed by atoms with Gasteiger partial charge in [-0.15, -0.1) is 0 Å². The van der Waals surface area contributed by atoms with Crippen molar-refractivity contribution in [2.24, 2.45) is 0 Å². The van der Waals surface area contributed by atoms with Gasteiger partial charge in [0, 0.05) is 49.5 Å². The van der Waals surface area contributed by atoms with Crippen LogP contribution in [0.2, 0.25) is 0 Å². The van der Waals surface area contributed by atoms with Gasteiger partial charge < -0.3 is 0 Å². The van der Waals surface area contributed by atoms with E-state index in [-0.39, 0.29) is 0 Å². The monoisotopic (exact) mass is 714 g/mol. The maximum atomic E-state index is 10.6. The molecule has 10 aromatic rings. The van der Waals surface area contributed by atoms with Gasteiger partial charge in [-0.05, 0) is 18.2 Å². The molecule has 260 valence electrons. The molecule has 0 atom stereocenters. The largest absolute Gasteiger partial charge is 0.247 e. The smallest absolute Gasteiger partial charge is 0.160 e. The van der Waals surface area contributed by atoms with Crippen LogP contribution >= 0.6 is 0 Å². The van der Waals surface area contributed by atoms with Gasteiger partial charge in [0.1, 0.15) is 11.6 Å². The van der Waals surface area contributed by atoms with E-state index in [1.54, 1.807) is 0 Å². The van der Waals surface area contributed by atoms with Gasteiger partial charge in [0.05, 0.1) is 45.1 Å². The molecule has 0 fully saturated rings. The molecule has 0 amide bonds. The summed E-state index contributed by atoms with van der Waals surface area (Å²) in [5.74, 6) is 0.663. The van der Waals surface area contributed by atoms with E-state index < -0.39 is 0 Å². The molecule has 6 heteroatoms. The Labute approximate surface area is 323 Å². The highest BCUT2D eigenvalue weighted by atomic mass is 14.9. The normalized spacial score (nSPS) is 11.2. The van der Waals surface area contributed by atoms with Crippen LogP contribution in [0.15, 0.2) is 182 Å². The van der Waals surface area contributed by atoms with Gasteiger partial charge in [-0.25, -0.2) is 24.9 Å². The standard InChI is InChI=1S/C50H30N6/c51-31-38-29-40-44(49-48(38)55-46(34-17-7-2-8-18-34)47(56-49)35-19-9-3-10-20-35)39-23-13-14-24-41(39)52-45(40)36-27-25-33(26-28-36)43-30-42(32-15-5-1-6-16-32)53-50(54-43)37-21-11-4-12-22-37/h1-30H. The van der Waals surface area contributed by atoms with Gasteiger partial charge in [0.2, 0.25) is 0 Å². The van der Waals surface area contributed by atoms with Gasteiger partial charge in [0.15, 0.2) is 5.82 Å². The third-order valence-corrected chi connectivity index (χ3v) is 10.1. The highest BCUT2D eigenvalue weighted by Gasteiger charge is 2.21. The van der Waals surface area contributed by atoms with Crippen LogP contribution in [0.4, 0.5) is 0 Å². The molecule has 0 unspecified atom stereocenters. The predicted octanol–water partition coefficient (Wildman–Crippen LogP) is 12.0. The first kappa shape index (κ1) is 32.7. The molecule has 0 aliphatic carbocycles. The van der Waals surface area contributed by atoms with Crippen molar-refractivity contribution in [1.29, 1.82) is 5.26 Å². The second kappa shape index (κ2) is 13.8. The molecule has 0 bridgehead atoms. The highest BCUT2D eigenvalue weighted by molar-refractivity contribution is 6.22. The van der Waals surface area contributed by atoms with Crippen LogP contribution in [0.5, 0.6) is 0 Å². The zero-order chi connectivity index (χ0) is 37.4. The molecule has 10 rings (SSSR count). The average Bonchev–Trinajstić information content (AvgIpc) is 3.29. The molecular weight excluding hydrogens is 685 g/mol. The van der Waals surface area contributed by atoms with E-state index in [1.165, 1.54) is 0 Å². The maximum Gasteiger partial charge on any atom is 0.160 e. The number of rotatable bonds is 6. The van der Waals surface area contributed by atoms with Crippen molar-refractivity contribution in [3.05, 3.63) is 188 Å². The van der Waals surface area contributed by atoms with Crippen LogP contribution in [-0.2, 0) is 0 Å². The lowest BCUT2D eigenvalue weighted by atomic mass is 9.95. The number of pyridine rings is 1. The molecule has 56 heavy (non-hydrogen) atoms. The zero-order valence-electron chi connectivity index (χ0n) is 30.0. The van der Waals surface area contributed by atoms with Crippen LogP contribution in [0.3, 0.4) is 0 Å². The molecule has 3 heterocycles. The minimum Gasteiger partial charge on any atom is -0.247 e. The molecule has 3 aromatic heterocycles. The van der Waals surface area contributed by atoms with E-state index in [4.69, 9.17) is 24.9 Å². The Morgan fingerprint density at radius 3 is 1.41 bits per heavy atom. The topological polar surface area (TPSA) is 88.2 Å². The van der Waals surface area contributed by atoms with Crippen molar-refractivity contribution in [2.75, 3.05) is 0 Å². The summed E-state index contributed by atoms with van der Waals surface area (Å²) >= 11 is 0. The molecule has 0 spiro atoms. The lowest BCUT2D eigenvalue weighted by Gasteiger charge is -2.16. The molecule has 0 N–H and O–H groups in total. The van der Waals surface area contributed by atoms with Crippen LogP contribution in [0.1, 0.15) is 5.56 Å². The molecular formula is C50H30N6. The SMILES string of the molecule is N#Cc1cc2c(-c3ccc(-c4cc(-c5ccccc5)nc(-c5ccccc5)n4)cc3)nc3ccccc3c2c2nc(-c3ccccc3)c(-c3ccccc3)nc12. The van der Waals surface area contributed by atoms with Gasteiger partial charge in [-0.3, -0.25) is 0 Å². The number of para-hydroxylation sites is 1. The van der Waals surface area contributed by atoms with Crippen LogP contribution in [0, 0.1) is 11.3 Å². The number of benzene rings is 7. The third-order valence-electron chi connectivity index (χ3n) is 10.1. The molecule has 0 saturated carbocycles. The number of fused-ring (bicyclic) bond motifs is 5. The van der Waals surface area contributed by atoms with E-state index >= 15 is 0 Å². The predicted molar refractivity (Wildman–Crippen MR) is 225 cm³/mol. The van der Waals surface area contributed by atoms with E-state index in [1.807, 2.05) is 127 Å². The lowest BCUT2D eigenvalue weighted by molar-refractivity contribution is 1.18. The summed E-state index contributed by atoms with van der Waals surface area (Å²) in [6.45, 7) is 0. The summed E-state index contributed by atoms with van der Waals surface area (Å²) < 4.78 is 0. The fourth-order valence-electron chi connectivity index (χ4n) is 7.40. The van der Waals surface area contributed by atoms with Gasteiger partial charge in [-0.1, -0.05) is 164 Å². The summed E-state index contributed by atoms with van der Waals surface area (Å²) in [6.07, 6.45) is 0. The van der Waals surface area contributed by atoms with E-state index in [9.17, 15) is 5.26 Å². The zero-order valence-corrected chi connectivity index (χ0v) is 30.0.